The third kappa shape index (κ3) is 2.56. The molecule has 1 fully saturated rings. The Morgan fingerprint density at radius 3 is 2.65 bits per heavy atom. The van der Waals surface area contributed by atoms with Gasteiger partial charge < -0.3 is 4.90 Å². The second kappa shape index (κ2) is 5.15. The highest BCUT2D eigenvalue weighted by molar-refractivity contribution is 5.46. The van der Waals surface area contributed by atoms with Crippen LogP contribution in [0.1, 0.15) is 12.5 Å². The Hall–Kier alpha value is -1.60. The standard InChI is InChI=1S/C13H18N4/c1-11-4-3-5-15-13(11)17-8-6-16(7-9-17)12(2)10-14/h3-5,12H,6-9H2,1-2H3. The van der Waals surface area contributed by atoms with E-state index in [9.17, 15) is 0 Å². The van der Waals surface area contributed by atoms with Crippen molar-refractivity contribution in [3.63, 3.8) is 0 Å². The van der Waals surface area contributed by atoms with Gasteiger partial charge in [-0.1, -0.05) is 6.07 Å². The molecule has 1 aromatic heterocycles. The Morgan fingerprint density at radius 2 is 2.06 bits per heavy atom. The summed E-state index contributed by atoms with van der Waals surface area (Å²) in [6.07, 6.45) is 1.84. The first-order valence-electron chi connectivity index (χ1n) is 6.02. The summed E-state index contributed by atoms with van der Waals surface area (Å²) in [6.45, 7) is 7.82. The van der Waals surface area contributed by atoms with Gasteiger partial charge in [0.1, 0.15) is 5.82 Å². The van der Waals surface area contributed by atoms with Crippen molar-refractivity contribution in [1.82, 2.24) is 9.88 Å². The SMILES string of the molecule is Cc1cccnc1N1CCN(C(C)C#N)CC1. The molecule has 4 nitrogen and oxygen atoms in total. The van der Waals surface area contributed by atoms with Crippen LogP contribution in [-0.4, -0.2) is 42.1 Å². The van der Waals surface area contributed by atoms with E-state index in [1.807, 2.05) is 19.2 Å². The van der Waals surface area contributed by atoms with E-state index in [1.165, 1.54) is 5.56 Å². The van der Waals surface area contributed by atoms with E-state index in [0.29, 0.717) is 0 Å². The highest BCUT2D eigenvalue weighted by atomic mass is 15.3. The number of aryl methyl sites for hydroxylation is 1. The molecular weight excluding hydrogens is 212 g/mol. The third-order valence-corrected chi connectivity index (χ3v) is 3.33. The highest BCUT2D eigenvalue weighted by Crippen LogP contribution is 2.18. The number of aromatic nitrogens is 1. The molecule has 0 N–H and O–H groups in total. The predicted molar refractivity (Wildman–Crippen MR) is 67.8 cm³/mol. The number of pyridine rings is 1. The largest absolute Gasteiger partial charge is 0.354 e. The van der Waals surface area contributed by atoms with Gasteiger partial charge in [-0.05, 0) is 25.5 Å². The van der Waals surface area contributed by atoms with Crippen LogP contribution < -0.4 is 4.90 Å². The Balaban J connectivity index is 2.01. The fourth-order valence-corrected chi connectivity index (χ4v) is 2.21. The minimum Gasteiger partial charge on any atom is -0.354 e. The summed E-state index contributed by atoms with van der Waals surface area (Å²) in [7, 11) is 0. The van der Waals surface area contributed by atoms with E-state index >= 15 is 0 Å². The molecule has 4 heteroatoms. The highest BCUT2D eigenvalue weighted by Gasteiger charge is 2.22. The molecule has 1 unspecified atom stereocenters. The topological polar surface area (TPSA) is 43.2 Å². The van der Waals surface area contributed by atoms with Gasteiger partial charge in [0.15, 0.2) is 0 Å². The number of nitriles is 1. The van der Waals surface area contributed by atoms with E-state index in [2.05, 4.69) is 33.8 Å². The molecule has 2 rings (SSSR count). The zero-order valence-electron chi connectivity index (χ0n) is 10.4. The Kier molecular flexibility index (Phi) is 3.60. The van der Waals surface area contributed by atoms with Crippen molar-refractivity contribution >= 4 is 5.82 Å². The van der Waals surface area contributed by atoms with E-state index in [-0.39, 0.29) is 6.04 Å². The maximum Gasteiger partial charge on any atom is 0.131 e. The Morgan fingerprint density at radius 1 is 1.35 bits per heavy atom. The van der Waals surface area contributed by atoms with Gasteiger partial charge in [0.2, 0.25) is 0 Å². The molecule has 1 aliphatic heterocycles. The molecule has 1 aliphatic rings. The van der Waals surface area contributed by atoms with Gasteiger partial charge in [-0.25, -0.2) is 4.98 Å². The van der Waals surface area contributed by atoms with Crippen molar-refractivity contribution in [2.75, 3.05) is 31.1 Å². The van der Waals surface area contributed by atoms with Crippen molar-refractivity contribution in [3.05, 3.63) is 23.9 Å². The van der Waals surface area contributed by atoms with Gasteiger partial charge in [0.25, 0.3) is 0 Å². The summed E-state index contributed by atoms with van der Waals surface area (Å²) >= 11 is 0. The van der Waals surface area contributed by atoms with Crippen molar-refractivity contribution in [1.29, 1.82) is 5.26 Å². The number of rotatable bonds is 2. The van der Waals surface area contributed by atoms with Crippen LogP contribution in [0, 0.1) is 18.3 Å². The maximum atomic E-state index is 8.90. The van der Waals surface area contributed by atoms with Crippen molar-refractivity contribution in [3.8, 4) is 6.07 Å². The first-order valence-corrected chi connectivity index (χ1v) is 6.02. The second-order valence-electron chi connectivity index (χ2n) is 4.47. The minimum absolute atomic E-state index is 0.0157. The van der Waals surface area contributed by atoms with E-state index in [1.54, 1.807) is 0 Å². The van der Waals surface area contributed by atoms with Crippen LogP contribution in [0.3, 0.4) is 0 Å². The van der Waals surface area contributed by atoms with Crippen LogP contribution >= 0.6 is 0 Å². The van der Waals surface area contributed by atoms with Gasteiger partial charge in [0, 0.05) is 32.4 Å². The fraction of sp³-hybridized carbons (Fsp3) is 0.538. The quantitative estimate of drug-likeness (QED) is 0.770. The summed E-state index contributed by atoms with van der Waals surface area (Å²) in [5.74, 6) is 1.08. The molecule has 0 amide bonds. The number of hydrogen-bond donors (Lipinski definition) is 0. The third-order valence-electron chi connectivity index (χ3n) is 3.33. The van der Waals surface area contributed by atoms with Crippen LogP contribution in [0.25, 0.3) is 0 Å². The lowest BCUT2D eigenvalue weighted by Crippen LogP contribution is -2.49. The monoisotopic (exact) mass is 230 g/mol. The fourth-order valence-electron chi connectivity index (χ4n) is 2.21. The number of piperazine rings is 1. The predicted octanol–water partition coefficient (Wildman–Crippen LogP) is 1.42. The van der Waals surface area contributed by atoms with Crippen LogP contribution in [0.5, 0.6) is 0 Å². The first-order chi connectivity index (χ1) is 8.22. The molecule has 1 aromatic rings. The van der Waals surface area contributed by atoms with Crippen molar-refractivity contribution in [2.45, 2.75) is 19.9 Å². The molecule has 0 spiro atoms. The van der Waals surface area contributed by atoms with Crippen LogP contribution in [0.4, 0.5) is 5.82 Å². The lowest BCUT2D eigenvalue weighted by Gasteiger charge is -2.37. The van der Waals surface area contributed by atoms with E-state index < -0.39 is 0 Å². The number of anilines is 1. The normalized spacial score (nSPS) is 18.8. The molecule has 2 heterocycles. The van der Waals surface area contributed by atoms with Gasteiger partial charge >= 0.3 is 0 Å². The van der Waals surface area contributed by atoms with Gasteiger partial charge in [-0.15, -0.1) is 0 Å². The summed E-state index contributed by atoms with van der Waals surface area (Å²) in [5.41, 5.74) is 1.22. The maximum absolute atomic E-state index is 8.90. The summed E-state index contributed by atoms with van der Waals surface area (Å²) in [6, 6.07) is 6.36. The van der Waals surface area contributed by atoms with Crippen molar-refractivity contribution < 1.29 is 0 Å². The average molecular weight is 230 g/mol. The molecule has 1 atom stereocenters. The van der Waals surface area contributed by atoms with Gasteiger partial charge in [-0.2, -0.15) is 5.26 Å². The van der Waals surface area contributed by atoms with Gasteiger partial charge in [-0.3, -0.25) is 4.90 Å². The summed E-state index contributed by atoms with van der Waals surface area (Å²) in [4.78, 5) is 8.95. The van der Waals surface area contributed by atoms with E-state index in [0.717, 1.165) is 32.0 Å². The molecule has 0 aromatic carbocycles. The molecule has 0 saturated carbocycles. The average Bonchev–Trinajstić information content (AvgIpc) is 2.39. The molecule has 17 heavy (non-hydrogen) atoms. The Bertz CT molecular complexity index is 416. The first kappa shape index (κ1) is 11.9. The molecule has 0 aliphatic carbocycles. The molecular formula is C13H18N4. The van der Waals surface area contributed by atoms with Gasteiger partial charge in [0.05, 0.1) is 12.1 Å². The molecule has 0 bridgehead atoms. The number of hydrogen-bond acceptors (Lipinski definition) is 4. The summed E-state index contributed by atoms with van der Waals surface area (Å²) < 4.78 is 0. The lowest BCUT2D eigenvalue weighted by molar-refractivity contribution is 0.231. The molecule has 0 radical (unpaired) electrons. The van der Waals surface area contributed by atoms with Crippen LogP contribution in [-0.2, 0) is 0 Å². The van der Waals surface area contributed by atoms with E-state index in [4.69, 9.17) is 5.26 Å². The lowest BCUT2D eigenvalue weighted by atomic mass is 10.2. The smallest absolute Gasteiger partial charge is 0.131 e. The molecule has 1 saturated heterocycles. The van der Waals surface area contributed by atoms with Crippen molar-refractivity contribution in [2.24, 2.45) is 0 Å². The zero-order valence-corrected chi connectivity index (χ0v) is 10.4. The van der Waals surface area contributed by atoms with Crippen LogP contribution in [0.15, 0.2) is 18.3 Å². The summed E-state index contributed by atoms with van der Waals surface area (Å²) in [5, 5.41) is 8.90. The van der Waals surface area contributed by atoms with Crippen LogP contribution in [0.2, 0.25) is 0 Å². The zero-order chi connectivity index (χ0) is 12.3. The number of nitrogens with zero attached hydrogens (tertiary/aromatic N) is 4. The Labute approximate surface area is 102 Å². The second-order valence-corrected chi connectivity index (χ2v) is 4.47. The molecule has 90 valence electrons. The minimum atomic E-state index is 0.0157.